The fourth-order valence-corrected chi connectivity index (χ4v) is 9.45. The standard InChI is InChI=1S/C32H37NO2/c1-30-13-12-25-17-24-8-9-26(33-19-27(34)20-33)18-31(24)14-15-32(25,35-31)29(30)11-10-28(30)23-7-6-21-4-2-3-5-22(21)16-23/h2-7,12,16-17,26-29,34H,8-11,13-15,18-20H2,1H3/t26-,28-,29-,30-,31-,32-/m1/s1. The fourth-order valence-electron chi connectivity index (χ4n) is 9.45. The molecule has 2 spiro atoms. The summed E-state index contributed by atoms with van der Waals surface area (Å²) in [5.41, 5.74) is 4.72. The van der Waals surface area contributed by atoms with Crippen LogP contribution in [0.25, 0.3) is 10.8 Å². The van der Waals surface area contributed by atoms with Gasteiger partial charge in [0, 0.05) is 19.1 Å². The van der Waals surface area contributed by atoms with Gasteiger partial charge in [0.1, 0.15) is 0 Å². The average Bonchev–Trinajstić information content (AvgIpc) is 3.36. The second-order valence-corrected chi connectivity index (χ2v) is 12.8. The molecule has 1 N–H and O–H groups in total. The first-order valence-electron chi connectivity index (χ1n) is 14.0. The van der Waals surface area contributed by atoms with Crippen molar-refractivity contribution in [2.75, 3.05) is 13.1 Å². The summed E-state index contributed by atoms with van der Waals surface area (Å²) in [6, 6.07) is 16.6. The number of β-amino-alcohol motifs (C(OH)–C–C–N with tert-alkyl or cyclic N) is 1. The molecule has 35 heavy (non-hydrogen) atoms. The van der Waals surface area contributed by atoms with E-state index in [2.05, 4.69) is 66.4 Å². The summed E-state index contributed by atoms with van der Waals surface area (Å²) in [5, 5.41) is 12.6. The highest BCUT2D eigenvalue weighted by molar-refractivity contribution is 5.83. The van der Waals surface area contributed by atoms with Crippen LogP contribution in [0.15, 0.2) is 65.8 Å². The van der Waals surface area contributed by atoms with E-state index in [1.54, 1.807) is 5.57 Å². The van der Waals surface area contributed by atoms with Crippen molar-refractivity contribution in [1.29, 1.82) is 0 Å². The van der Waals surface area contributed by atoms with Crippen LogP contribution in [0.2, 0.25) is 0 Å². The summed E-state index contributed by atoms with van der Waals surface area (Å²) in [5.74, 6) is 1.19. The molecule has 3 aliphatic carbocycles. The molecule has 3 aliphatic heterocycles. The summed E-state index contributed by atoms with van der Waals surface area (Å²) in [4.78, 5) is 2.51. The Morgan fingerprint density at radius 1 is 1.00 bits per heavy atom. The lowest BCUT2D eigenvalue weighted by Gasteiger charge is -2.55. The van der Waals surface area contributed by atoms with Crippen LogP contribution in [-0.4, -0.2) is 46.4 Å². The molecule has 3 heteroatoms. The Kier molecular flexibility index (Phi) is 4.29. The first-order chi connectivity index (χ1) is 17.0. The number of likely N-dealkylation sites (tertiary alicyclic amines) is 1. The molecule has 4 fully saturated rings. The van der Waals surface area contributed by atoms with E-state index >= 15 is 0 Å². The number of hydrogen-bond donors (Lipinski definition) is 1. The molecule has 3 nitrogen and oxygen atoms in total. The van der Waals surface area contributed by atoms with Gasteiger partial charge in [-0.3, -0.25) is 4.90 Å². The SMILES string of the molecule is C[C@]12CC=C3C=C4CC[C@@H](N5CC(O)C5)C[C@]45CC[C@]3(O5)[C@@H]1CC[C@@H]2c1ccc2ccccc2c1. The summed E-state index contributed by atoms with van der Waals surface area (Å²) >= 11 is 0. The van der Waals surface area contributed by atoms with E-state index in [9.17, 15) is 5.11 Å². The molecule has 2 aromatic carbocycles. The topological polar surface area (TPSA) is 32.7 Å². The van der Waals surface area contributed by atoms with Crippen molar-refractivity contribution < 1.29 is 9.84 Å². The number of aliphatic hydroxyl groups excluding tert-OH is 1. The van der Waals surface area contributed by atoms with Gasteiger partial charge in [-0.05, 0) is 96.1 Å². The maximum atomic E-state index is 9.88. The lowest BCUT2D eigenvalue weighted by molar-refractivity contribution is -0.147. The predicted molar refractivity (Wildman–Crippen MR) is 139 cm³/mol. The number of rotatable bonds is 2. The molecular formula is C32H37NO2. The minimum absolute atomic E-state index is 0.0555. The minimum Gasteiger partial charge on any atom is -0.390 e. The van der Waals surface area contributed by atoms with Crippen LogP contribution < -0.4 is 0 Å². The highest BCUT2D eigenvalue weighted by Gasteiger charge is 2.66. The van der Waals surface area contributed by atoms with E-state index in [1.807, 2.05) is 0 Å². The van der Waals surface area contributed by atoms with Crippen molar-refractivity contribution in [2.24, 2.45) is 11.3 Å². The third kappa shape index (κ3) is 2.78. The lowest BCUT2D eigenvalue weighted by atomic mass is 9.58. The summed E-state index contributed by atoms with van der Waals surface area (Å²) < 4.78 is 7.46. The Balaban J connectivity index is 1.14. The Labute approximate surface area is 208 Å². The van der Waals surface area contributed by atoms with Crippen LogP contribution in [0.3, 0.4) is 0 Å². The molecule has 182 valence electrons. The normalized spacial score (nSPS) is 42.6. The maximum absolute atomic E-state index is 9.88. The largest absolute Gasteiger partial charge is 0.390 e. The molecule has 2 saturated heterocycles. The quantitative estimate of drug-likeness (QED) is 0.577. The molecule has 2 aromatic rings. The number of hydrogen-bond acceptors (Lipinski definition) is 3. The summed E-state index contributed by atoms with van der Waals surface area (Å²) in [6.07, 6.45) is 14.6. The Morgan fingerprint density at radius 3 is 2.71 bits per heavy atom. The number of ether oxygens (including phenoxy) is 1. The number of aliphatic hydroxyl groups is 1. The van der Waals surface area contributed by atoms with Gasteiger partial charge in [0.15, 0.2) is 0 Å². The molecule has 0 amide bonds. The van der Waals surface area contributed by atoms with E-state index in [4.69, 9.17) is 4.74 Å². The Morgan fingerprint density at radius 2 is 1.86 bits per heavy atom. The molecule has 0 radical (unpaired) electrons. The Hall–Kier alpha value is -1.94. The molecule has 8 rings (SSSR count). The van der Waals surface area contributed by atoms with Crippen molar-refractivity contribution in [3.63, 3.8) is 0 Å². The number of allylic oxidation sites excluding steroid dienone is 1. The first kappa shape index (κ1) is 21.2. The van der Waals surface area contributed by atoms with Crippen LogP contribution in [0, 0.1) is 11.3 Å². The van der Waals surface area contributed by atoms with Crippen molar-refractivity contribution in [3.8, 4) is 0 Å². The monoisotopic (exact) mass is 467 g/mol. The van der Waals surface area contributed by atoms with E-state index in [0.717, 1.165) is 25.9 Å². The highest BCUT2D eigenvalue weighted by atomic mass is 16.5. The second kappa shape index (κ2) is 7.09. The summed E-state index contributed by atoms with van der Waals surface area (Å²) in [7, 11) is 0. The van der Waals surface area contributed by atoms with E-state index in [-0.39, 0.29) is 22.7 Å². The zero-order valence-corrected chi connectivity index (χ0v) is 20.9. The van der Waals surface area contributed by atoms with Gasteiger partial charge in [-0.2, -0.15) is 0 Å². The third-order valence-electron chi connectivity index (χ3n) is 11.2. The number of nitrogens with zero attached hydrogens (tertiary/aromatic N) is 1. The van der Waals surface area contributed by atoms with E-state index in [0.29, 0.717) is 17.9 Å². The van der Waals surface area contributed by atoms with Crippen LogP contribution in [0.4, 0.5) is 0 Å². The maximum Gasteiger partial charge on any atom is 0.0974 e. The van der Waals surface area contributed by atoms with E-state index < -0.39 is 0 Å². The van der Waals surface area contributed by atoms with Crippen LogP contribution in [-0.2, 0) is 4.74 Å². The number of benzene rings is 2. The van der Waals surface area contributed by atoms with Gasteiger partial charge in [-0.25, -0.2) is 0 Å². The van der Waals surface area contributed by atoms with Gasteiger partial charge in [-0.1, -0.05) is 61.5 Å². The predicted octanol–water partition coefficient (Wildman–Crippen LogP) is 6.13. The molecule has 3 heterocycles. The molecular weight excluding hydrogens is 430 g/mol. The van der Waals surface area contributed by atoms with Crippen molar-refractivity contribution >= 4 is 10.8 Å². The molecule has 2 bridgehead atoms. The van der Waals surface area contributed by atoms with Crippen molar-refractivity contribution in [3.05, 3.63) is 71.3 Å². The van der Waals surface area contributed by atoms with Crippen LogP contribution in [0.5, 0.6) is 0 Å². The molecule has 6 atom stereocenters. The van der Waals surface area contributed by atoms with Crippen molar-refractivity contribution in [2.45, 2.75) is 87.6 Å². The third-order valence-corrected chi connectivity index (χ3v) is 11.2. The smallest absolute Gasteiger partial charge is 0.0974 e. The zero-order valence-electron chi connectivity index (χ0n) is 20.9. The molecule has 0 unspecified atom stereocenters. The van der Waals surface area contributed by atoms with Crippen molar-refractivity contribution in [1.82, 2.24) is 4.90 Å². The zero-order chi connectivity index (χ0) is 23.4. The molecule has 0 aromatic heterocycles. The molecule has 6 aliphatic rings. The fraction of sp³-hybridized carbons (Fsp3) is 0.562. The van der Waals surface area contributed by atoms with Gasteiger partial charge in [0.25, 0.3) is 0 Å². The van der Waals surface area contributed by atoms with Crippen LogP contribution in [0.1, 0.15) is 69.8 Å². The van der Waals surface area contributed by atoms with Gasteiger partial charge in [0.2, 0.25) is 0 Å². The highest BCUT2D eigenvalue weighted by Crippen LogP contribution is 2.69. The van der Waals surface area contributed by atoms with Gasteiger partial charge < -0.3 is 9.84 Å². The minimum atomic E-state index is -0.120. The van der Waals surface area contributed by atoms with E-state index in [1.165, 1.54) is 60.4 Å². The van der Waals surface area contributed by atoms with Gasteiger partial charge >= 0.3 is 0 Å². The summed E-state index contributed by atoms with van der Waals surface area (Å²) in [6.45, 7) is 4.28. The van der Waals surface area contributed by atoms with Gasteiger partial charge in [-0.15, -0.1) is 0 Å². The lowest BCUT2D eigenvalue weighted by Crippen LogP contribution is -2.60. The Bertz CT molecular complexity index is 1270. The average molecular weight is 468 g/mol. The second-order valence-electron chi connectivity index (χ2n) is 12.8. The number of fused-ring (bicyclic) bond motifs is 2. The first-order valence-corrected chi connectivity index (χ1v) is 14.0. The van der Waals surface area contributed by atoms with Gasteiger partial charge in [0.05, 0.1) is 17.3 Å². The van der Waals surface area contributed by atoms with Crippen LogP contribution >= 0.6 is 0 Å². The molecule has 2 saturated carbocycles.